The second-order valence-corrected chi connectivity index (χ2v) is 4.12. The molecule has 0 aromatic rings. The first kappa shape index (κ1) is 15.0. The number of hydrogen-bond donors (Lipinski definition) is 0. The number of hydrogen-bond acceptors (Lipinski definition) is 4. The smallest absolute Gasteiger partial charge is 0.159 e. The molecule has 0 rings (SSSR count). The third-order valence-electron chi connectivity index (χ3n) is 2.94. The number of rotatable bonds is 7. The Morgan fingerprint density at radius 1 is 0.941 bits per heavy atom. The topological polar surface area (TPSA) is 95.2 Å². The number of nitriles is 4. The van der Waals surface area contributed by atoms with Crippen LogP contribution in [0.5, 0.6) is 0 Å². The summed E-state index contributed by atoms with van der Waals surface area (Å²) in [6.45, 7) is 1.61. The van der Waals surface area contributed by atoms with Gasteiger partial charge in [0.05, 0.1) is 30.2 Å². The van der Waals surface area contributed by atoms with E-state index >= 15 is 0 Å². The molecular weight excluding hydrogens is 212 g/mol. The molecule has 0 spiro atoms. The summed E-state index contributed by atoms with van der Waals surface area (Å²) in [5.41, 5.74) is -1.18. The predicted octanol–water partition coefficient (Wildman–Crippen LogP) is 3.04. The molecule has 0 radical (unpaired) electrons. The monoisotopic (exact) mass is 228 g/mol. The molecule has 1 atom stereocenters. The lowest BCUT2D eigenvalue weighted by atomic mass is 9.75. The van der Waals surface area contributed by atoms with Gasteiger partial charge in [0.15, 0.2) is 5.41 Å². The van der Waals surface area contributed by atoms with Crippen LogP contribution in [0.25, 0.3) is 0 Å². The highest BCUT2D eigenvalue weighted by molar-refractivity contribution is 5.19. The standard InChI is InChI=1S/C13H16N4/c1-12(9-15)13(10-16,11-17)7-5-3-2-4-6-8-14/h12H,2-7H2,1H3. The van der Waals surface area contributed by atoms with Crippen LogP contribution in [0.1, 0.15) is 45.4 Å². The van der Waals surface area contributed by atoms with Crippen LogP contribution in [0.4, 0.5) is 0 Å². The van der Waals surface area contributed by atoms with Crippen molar-refractivity contribution in [3.05, 3.63) is 0 Å². The summed E-state index contributed by atoms with van der Waals surface area (Å²) in [4.78, 5) is 0. The van der Waals surface area contributed by atoms with Gasteiger partial charge in [-0.3, -0.25) is 0 Å². The Morgan fingerprint density at radius 2 is 1.53 bits per heavy atom. The van der Waals surface area contributed by atoms with Gasteiger partial charge in [-0.05, 0) is 19.8 Å². The van der Waals surface area contributed by atoms with Crippen molar-refractivity contribution in [2.45, 2.75) is 45.4 Å². The third kappa shape index (κ3) is 4.55. The zero-order valence-electron chi connectivity index (χ0n) is 10.1. The maximum absolute atomic E-state index is 9.05. The fraction of sp³-hybridized carbons (Fsp3) is 0.692. The van der Waals surface area contributed by atoms with Gasteiger partial charge >= 0.3 is 0 Å². The van der Waals surface area contributed by atoms with E-state index in [1.54, 1.807) is 6.92 Å². The van der Waals surface area contributed by atoms with E-state index < -0.39 is 11.3 Å². The van der Waals surface area contributed by atoms with Crippen LogP contribution < -0.4 is 0 Å². The number of nitrogens with zero attached hydrogens (tertiary/aromatic N) is 4. The predicted molar refractivity (Wildman–Crippen MR) is 61.8 cm³/mol. The van der Waals surface area contributed by atoms with E-state index in [4.69, 9.17) is 21.0 Å². The van der Waals surface area contributed by atoms with E-state index in [0.29, 0.717) is 12.8 Å². The molecule has 0 aliphatic heterocycles. The molecule has 4 nitrogen and oxygen atoms in total. The van der Waals surface area contributed by atoms with Gasteiger partial charge in [-0.1, -0.05) is 19.3 Å². The summed E-state index contributed by atoms with van der Waals surface area (Å²) >= 11 is 0. The third-order valence-corrected chi connectivity index (χ3v) is 2.94. The van der Waals surface area contributed by atoms with Crippen molar-refractivity contribution >= 4 is 0 Å². The van der Waals surface area contributed by atoms with Crippen molar-refractivity contribution in [2.24, 2.45) is 11.3 Å². The van der Waals surface area contributed by atoms with Crippen molar-refractivity contribution in [1.29, 1.82) is 21.0 Å². The molecule has 0 bridgehead atoms. The molecule has 0 saturated heterocycles. The molecule has 0 N–H and O–H groups in total. The lowest BCUT2D eigenvalue weighted by Crippen LogP contribution is -2.24. The molecular formula is C13H16N4. The quantitative estimate of drug-likeness (QED) is 0.625. The van der Waals surface area contributed by atoms with Crippen LogP contribution in [0.2, 0.25) is 0 Å². The van der Waals surface area contributed by atoms with Crippen molar-refractivity contribution in [3.63, 3.8) is 0 Å². The first-order chi connectivity index (χ1) is 8.16. The minimum Gasteiger partial charge on any atom is -0.198 e. The average molecular weight is 228 g/mol. The molecule has 0 aromatic carbocycles. The maximum atomic E-state index is 9.05. The molecule has 4 heteroatoms. The second-order valence-electron chi connectivity index (χ2n) is 4.12. The molecule has 0 heterocycles. The highest BCUT2D eigenvalue weighted by Gasteiger charge is 2.36. The Hall–Kier alpha value is -2.04. The van der Waals surface area contributed by atoms with Gasteiger partial charge in [-0.25, -0.2) is 0 Å². The summed E-state index contributed by atoms with van der Waals surface area (Å²) in [5, 5.41) is 35.3. The Morgan fingerprint density at radius 3 is 2.00 bits per heavy atom. The van der Waals surface area contributed by atoms with Crippen molar-refractivity contribution in [1.82, 2.24) is 0 Å². The zero-order valence-corrected chi connectivity index (χ0v) is 10.1. The summed E-state index contributed by atoms with van der Waals surface area (Å²) in [7, 11) is 0. The summed E-state index contributed by atoms with van der Waals surface area (Å²) in [6, 6.07) is 8.02. The normalized spacial score (nSPS) is 11.6. The van der Waals surface area contributed by atoms with E-state index in [9.17, 15) is 0 Å². The highest BCUT2D eigenvalue weighted by atomic mass is 14.4. The Kier molecular flexibility index (Phi) is 7.17. The minimum atomic E-state index is -1.18. The number of unbranched alkanes of at least 4 members (excludes halogenated alkanes) is 4. The van der Waals surface area contributed by atoms with E-state index in [1.165, 1.54) is 0 Å². The highest BCUT2D eigenvalue weighted by Crippen LogP contribution is 2.32. The summed E-state index contributed by atoms with van der Waals surface area (Å²) in [5.74, 6) is -0.573. The maximum Gasteiger partial charge on any atom is 0.159 e. The molecule has 1 unspecified atom stereocenters. The second kappa shape index (κ2) is 8.15. The Balaban J connectivity index is 4.15. The Labute approximate surface area is 103 Å². The van der Waals surface area contributed by atoms with Crippen molar-refractivity contribution < 1.29 is 0 Å². The van der Waals surface area contributed by atoms with Crippen LogP contribution >= 0.6 is 0 Å². The Bertz CT molecular complexity index is 372. The van der Waals surface area contributed by atoms with Crippen molar-refractivity contribution in [3.8, 4) is 24.3 Å². The van der Waals surface area contributed by atoms with Crippen LogP contribution in [-0.4, -0.2) is 0 Å². The van der Waals surface area contributed by atoms with E-state index in [2.05, 4.69) is 6.07 Å². The molecule has 0 saturated carbocycles. The summed E-state index contributed by atoms with van der Waals surface area (Å²) in [6.07, 6.45) is 4.42. The summed E-state index contributed by atoms with van der Waals surface area (Å²) < 4.78 is 0. The van der Waals surface area contributed by atoms with Gasteiger partial charge in [-0.15, -0.1) is 0 Å². The lowest BCUT2D eigenvalue weighted by Gasteiger charge is -2.20. The van der Waals surface area contributed by atoms with E-state index in [0.717, 1.165) is 25.7 Å². The van der Waals surface area contributed by atoms with E-state index in [-0.39, 0.29) is 0 Å². The molecule has 88 valence electrons. The molecule has 0 aromatic heterocycles. The van der Waals surface area contributed by atoms with Gasteiger partial charge in [0.25, 0.3) is 0 Å². The minimum absolute atomic E-state index is 0.432. The molecule has 17 heavy (non-hydrogen) atoms. The van der Waals surface area contributed by atoms with Gasteiger partial charge < -0.3 is 0 Å². The van der Waals surface area contributed by atoms with E-state index in [1.807, 2.05) is 18.2 Å². The van der Waals surface area contributed by atoms with Gasteiger partial charge in [0.2, 0.25) is 0 Å². The first-order valence-corrected chi connectivity index (χ1v) is 5.76. The molecule has 0 aliphatic carbocycles. The molecule has 0 amide bonds. The SMILES string of the molecule is CC(C#N)C(C#N)(C#N)CCCCCCC#N. The van der Waals surface area contributed by atoms with Crippen LogP contribution in [-0.2, 0) is 0 Å². The van der Waals surface area contributed by atoms with Crippen molar-refractivity contribution in [2.75, 3.05) is 0 Å². The molecule has 0 aliphatic rings. The lowest BCUT2D eigenvalue weighted by molar-refractivity contribution is 0.365. The van der Waals surface area contributed by atoms with Gasteiger partial charge in [-0.2, -0.15) is 21.0 Å². The van der Waals surface area contributed by atoms with Crippen LogP contribution in [0.3, 0.4) is 0 Å². The van der Waals surface area contributed by atoms with Crippen LogP contribution in [0.15, 0.2) is 0 Å². The molecule has 0 fully saturated rings. The average Bonchev–Trinajstić information content (AvgIpc) is 2.38. The zero-order chi connectivity index (χ0) is 13.1. The van der Waals surface area contributed by atoms with Crippen LogP contribution in [0, 0.1) is 56.7 Å². The van der Waals surface area contributed by atoms with Gasteiger partial charge in [0, 0.05) is 6.42 Å². The van der Waals surface area contributed by atoms with Gasteiger partial charge in [0.1, 0.15) is 0 Å². The fourth-order valence-corrected chi connectivity index (χ4v) is 1.62. The first-order valence-electron chi connectivity index (χ1n) is 5.76. The fourth-order valence-electron chi connectivity index (χ4n) is 1.62. The largest absolute Gasteiger partial charge is 0.198 e.